The molecule has 3 aromatic rings. The molecule has 0 spiro atoms. The van der Waals surface area contributed by atoms with Gasteiger partial charge in [-0.15, -0.1) is 0 Å². The molecule has 1 fully saturated rings. The van der Waals surface area contributed by atoms with Gasteiger partial charge in [-0.2, -0.15) is 0 Å². The van der Waals surface area contributed by atoms with Crippen molar-refractivity contribution in [3.63, 3.8) is 0 Å². The van der Waals surface area contributed by atoms with E-state index in [1.165, 1.54) is 25.5 Å². The third-order valence-corrected chi connectivity index (χ3v) is 6.78. The Morgan fingerprint density at radius 1 is 1.18 bits per heavy atom. The zero-order valence-corrected chi connectivity index (χ0v) is 20.0. The van der Waals surface area contributed by atoms with E-state index in [1.807, 2.05) is 13.8 Å². The van der Waals surface area contributed by atoms with Gasteiger partial charge in [-0.25, -0.2) is 0 Å². The van der Waals surface area contributed by atoms with E-state index in [2.05, 4.69) is 11.8 Å². The van der Waals surface area contributed by atoms with Gasteiger partial charge in [0.05, 0.1) is 5.39 Å². The quantitative estimate of drug-likeness (QED) is 0.492. The van der Waals surface area contributed by atoms with Gasteiger partial charge in [-0.1, -0.05) is 18.0 Å². The van der Waals surface area contributed by atoms with Crippen LogP contribution in [-0.2, 0) is 0 Å². The average Bonchev–Trinajstić information content (AvgIpc) is 2.79. The topological polar surface area (TPSA) is 72.1 Å². The van der Waals surface area contributed by atoms with E-state index in [-0.39, 0.29) is 17.8 Å². The number of hydrogen-bond donors (Lipinski definition) is 1. The van der Waals surface area contributed by atoms with Gasteiger partial charge in [0, 0.05) is 23.7 Å². The molecular formula is C26H30ClNO5. The van der Waals surface area contributed by atoms with Gasteiger partial charge in [0.1, 0.15) is 36.1 Å². The Balaban J connectivity index is 1.44. The molecule has 2 heterocycles. The first-order chi connectivity index (χ1) is 15.8. The second kappa shape index (κ2) is 10.2. The summed E-state index contributed by atoms with van der Waals surface area (Å²) in [5, 5.41) is 11.5. The number of nitrogens with zero attached hydrogens (tertiary/aromatic N) is 1. The van der Waals surface area contributed by atoms with Crippen molar-refractivity contribution in [2.75, 3.05) is 19.7 Å². The number of piperidine rings is 1. The number of benzene rings is 2. The van der Waals surface area contributed by atoms with Gasteiger partial charge in [0.25, 0.3) is 0 Å². The van der Waals surface area contributed by atoms with Gasteiger partial charge in [0.2, 0.25) is 11.2 Å². The van der Waals surface area contributed by atoms with E-state index in [0.717, 1.165) is 17.7 Å². The molecule has 1 aliphatic heterocycles. The minimum Gasteiger partial charge on any atom is -0.491 e. The van der Waals surface area contributed by atoms with Crippen LogP contribution in [0.3, 0.4) is 0 Å². The zero-order valence-electron chi connectivity index (χ0n) is 19.3. The normalized spacial score (nSPS) is 17.8. The molecule has 4 rings (SSSR count). The fourth-order valence-corrected chi connectivity index (χ4v) is 4.40. The Kier molecular flexibility index (Phi) is 7.27. The van der Waals surface area contributed by atoms with E-state index in [9.17, 15) is 9.90 Å². The number of aliphatic hydroxyl groups excluding tert-OH is 1. The molecule has 1 saturated heterocycles. The van der Waals surface area contributed by atoms with Crippen molar-refractivity contribution in [1.82, 2.24) is 4.90 Å². The van der Waals surface area contributed by atoms with Crippen molar-refractivity contribution in [3.8, 4) is 17.2 Å². The van der Waals surface area contributed by atoms with Crippen molar-refractivity contribution >= 4 is 22.6 Å². The molecule has 2 atom stereocenters. The van der Waals surface area contributed by atoms with Crippen LogP contribution in [0, 0.1) is 13.8 Å². The van der Waals surface area contributed by atoms with Crippen LogP contribution >= 0.6 is 11.6 Å². The summed E-state index contributed by atoms with van der Waals surface area (Å²) in [7, 11) is 0. The highest BCUT2D eigenvalue weighted by Crippen LogP contribution is 2.29. The third kappa shape index (κ3) is 5.52. The molecule has 0 radical (unpaired) electrons. The molecule has 0 amide bonds. The molecule has 7 heteroatoms. The second-order valence-electron chi connectivity index (χ2n) is 8.86. The average molecular weight is 472 g/mol. The van der Waals surface area contributed by atoms with E-state index in [1.54, 1.807) is 30.3 Å². The second-order valence-corrected chi connectivity index (χ2v) is 9.24. The standard InChI is InChI=1S/C26H30ClNO5/c1-16-10-21(11-17(2)25(16)27)33-24-15-32-23-12-20(7-8-22(23)26(24)30)31-14-19(29)13-28-9-5-4-6-18(28)3/h7-8,10-12,15,18-19,29H,4-6,9,13-14H2,1-3H3. The number of aryl methyl sites for hydroxylation is 2. The molecule has 2 aromatic carbocycles. The first-order valence-corrected chi connectivity index (χ1v) is 11.7. The lowest BCUT2D eigenvalue weighted by Gasteiger charge is -2.34. The number of hydrogen-bond acceptors (Lipinski definition) is 6. The maximum Gasteiger partial charge on any atom is 0.235 e. The van der Waals surface area contributed by atoms with Gasteiger partial charge < -0.3 is 19.0 Å². The maximum atomic E-state index is 12.9. The lowest BCUT2D eigenvalue weighted by molar-refractivity contribution is 0.0438. The molecule has 0 aliphatic carbocycles. The maximum absolute atomic E-state index is 12.9. The van der Waals surface area contributed by atoms with Crippen LogP contribution in [0.4, 0.5) is 0 Å². The summed E-state index contributed by atoms with van der Waals surface area (Å²) in [5.74, 6) is 1.16. The number of fused-ring (bicyclic) bond motifs is 1. The van der Waals surface area contributed by atoms with Crippen LogP contribution in [0.25, 0.3) is 11.0 Å². The van der Waals surface area contributed by atoms with Crippen molar-refractivity contribution < 1.29 is 19.0 Å². The summed E-state index contributed by atoms with van der Waals surface area (Å²) < 4.78 is 17.2. The minimum atomic E-state index is -0.588. The van der Waals surface area contributed by atoms with Crippen LogP contribution < -0.4 is 14.9 Å². The summed E-state index contributed by atoms with van der Waals surface area (Å²) >= 11 is 6.21. The highest BCUT2D eigenvalue weighted by Gasteiger charge is 2.21. The summed E-state index contributed by atoms with van der Waals surface area (Å²) in [6.07, 6.45) is 4.30. The lowest BCUT2D eigenvalue weighted by atomic mass is 10.0. The molecule has 176 valence electrons. The van der Waals surface area contributed by atoms with E-state index >= 15 is 0 Å². The molecule has 0 bridgehead atoms. The Hall–Kier alpha value is -2.54. The van der Waals surface area contributed by atoms with Crippen LogP contribution in [-0.4, -0.2) is 41.8 Å². The summed E-state index contributed by atoms with van der Waals surface area (Å²) in [4.78, 5) is 15.2. The Morgan fingerprint density at radius 2 is 1.94 bits per heavy atom. The smallest absolute Gasteiger partial charge is 0.235 e. The number of halogens is 1. The Bertz CT molecular complexity index is 1170. The van der Waals surface area contributed by atoms with Crippen molar-refractivity contribution in [1.29, 1.82) is 0 Å². The van der Waals surface area contributed by atoms with Gasteiger partial charge in [-0.05, 0) is 75.5 Å². The molecule has 1 aromatic heterocycles. The number of rotatable bonds is 7. The monoisotopic (exact) mass is 471 g/mol. The Morgan fingerprint density at radius 3 is 2.67 bits per heavy atom. The number of likely N-dealkylation sites (tertiary alicyclic amines) is 1. The van der Waals surface area contributed by atoms with E-state index < -0.39 is 6.10 Å². The summed E-state index contributed by atoms with van der Waals surface area (Å²) in [6, 6.07) is 9.07. The molecule has 6 nitrogen and oxygen atoms in total. The first kappa shape index (κ1) is 23.6. The molecule has 33 heavy (non-hydrogen) atoms. The molecule has 1 aliphatic rings. The van der Waals surface area contributed by atoms with Crippen molar-refractivity contribution in [2.24, 2.45) is 0 Å². The molecular weight excluding hydrogens is 442 g/mol. The first-order valence-electron chi connectivity index (χ1n) is 11.4. The number of ether oxygens (including phenoxy) is 2. The van der Waals surface area contributed by atoms with Crippen LogP contribution in [0.2, 0.25) is 5.02 Å². The third-order valence-electron chi connectivity index (χ3n) is 6.18. The van der Waals surface area contributed by atoms with Crippen molar-refractivity contribution in [2.45, 2.75) is 52.2 Å². The Labute approximate surface area is 198 Å². The number of β-amino-alcohol motifs (C(OH)–C–C–N with tert-alkyl or cyclic N) is 1. The van der Waals surface area contributed by atoms with Gasteiger partial charge in [0.15, 0.2) is 0 Å². The van der Waals surface area contributed by atoms with E-state index in [0.29, 0.717) is 40.1 Å². The zero-order chi connectivity index (χ0) is 23.5. The molecule has 2 unspecified atom stereocenters. The largest absolute Gasteiger partial charge is 0.491 e. The molecule has 1 N–H and O–H groups in total. The fourth-order valence-electron chi connectivity index (χ4n) is 4.29. The van der Waals surface area contributed by atoms with Crippen molar-refractivity contribution in [3.05, 3.63) is 63.0 Å². The van der Waals surface area contributed by atoms with Gasteiger partial charge in [-0.3, -0.25) is 9.69 Å². The lowest BCUT2D eigenvalue weighted by Crippen LogP contribution is -2.43. The molecule has 0 saturated carbocycles. The highest BCUT2D eigenvalue weighted by atomic mass is 35.5. The predicted molar refractivity (Wildman–Crippen MR) is 130 cm³/mol. The highest BCUT2D eigenvalue weighted by molar-refractivity contribution is 6.32. The minimum absolute atomic E-state index is 0.100. The van der Waals surface area contributed by atoms with Crippen LogP contribution in [0.5, 0.6) is 17.2 Å². The van der Waals surface area contributed by atoms with Crippen LogP contribution in [0.15, 0.2) is 45.8 Å². The van der Waals surface area contributed by atoms with Crippen LogP contribution in [0.1, 0.15) is 37.3 Å². The fraction of sp³-hybridized carbons (Fsp3) is 0.423. The SMILES string of the molecule is Cc1cc(Oc2coc3cc(OCC(O)CN4CCCCC4C)ccc3c2=O)cc(C)c1Cl. The summed E-state index contributed by atoms with van der Waals surface area (Å²) in [6.45, 7) is 7.75. The van der Waals surface area contributed by atoms with E-state index in [4.69, 9.17) is 25.5 Å². The summed E-state index contributed by atoms with van der Waals surface area (Å²) in [5.41, 5.74) is 1.87. The predicted octanol–water partition coefficient (Wildman–Crippen LogP) is 5.47. The van der Waals surface area contributed by atoms with Gasteiger partial charge >= 0.3 is 0 Å². The number of aliphatic hydroxyl groups is 1.